The van der Waals surface area contributed by atoms with Crippen molar-refractivity contribution in [1.29, 1.82) is 0 Å². The van der Waals surface area contributed by atoms with E-state index < -0.39 is 5.97 Å². The van der Waals surface area contributed by atoms with Crippen LogP contribution in [0, 0.1) is 0 Å². The van der Waals surface area contributed by atoms with Crippen LogP contribution in [0.5, 0.6) is 0 Å². The zero-order valence-electron chi connectivity index (χ0n) is 13.0. The summed E-state index contributed by atoms with van der Waals surface area (Å²) in [6.45, 7) is 4.03. The molecule has 1 aromatic carbocycles. The second-order valence-electron chi connectivity index (χ2n) is 5.85. The molecule has 1 heterocycles. The number of rotatable bonds is 5. The van der Waals surface area contributed by atoms with Crippen LogP contribution in [0.25, 0.3) is 11.4 Å². The molecule has 1 aliphatic rings. The number of nitrogens with one attached hydrogen (secondary N) is 1. The number of aryl methyl sites for hydroxylation is 1. The van der Waals surface area contributed by atoms with Crippen LogP contribution in [0.3, 0.4) is 0 Å². The second kappa shape index (κ2) is 5.91. The van der Waals surface area contributed by atoms with E-state index in [1.165, 1.54) is 12.0 Å². The van der Waals surface area contributed by atoms with Gasteiger partial charge < -0.3 is 10.1 Å². The third-order valence-electron chi connectivity index (χ3n) is 4.56. The quantitative estimate of drug-likeness (QED) is 0.884. The van der Waals surface area contributed by atoms with Gasteiger partial charge in [0.25, 0.3) is 0 Å². The molecule has 0 bridgehead atoms. The molecule has 0 atom stereocenters. The van der Waals surface area contributed by atoms with Crippen molar-refractivity contribution in [2.24, 2.45) is 0 Å². The van der Waals surface area contributed by atoms with E-state index >= 15 is 0 Å². The summed E-state index contributed by atoms with van der Waals surface area (Å²) in [5, 5.41) is 17.8. The van der Waals surface area contributed by atoms with Crippen LogP contribution in [-0.4, -0.2) is 26.3 Å². The Balaban J connectivity index is 2.14. The first-order valence-electron chi connectivity index (χ1n) is 7.96. The minimum Gasteiger partial charge on any atom is -0.478 e. The summed E-state index contributed by atoms with van der Waals surface area (Å²) < 4.78 is 0. The monoisotopic (exact) mass is 299 g/mol. The van der Waals surface area contributed by atoms with E-state index in [1.807, 2.05) is 13.8 Å². The Hall–Kier alpha value is -2.17. The number of aromatic carboxylic acids is 1. The van der Waals surface area contributed by atoms with Gasteiger partial charge in [-0.1, -0.05) is 20.3 Å². The average Bonchev–Trinajstić information content (AvgIpc) is 2.93. The number of aromatic nitrogens is 3. The molecule has 0 aliphatic heterocycles. The van der Waals surface area contributed by atoms with Crippen molar-refractivity contribution in [3.63, 3.8) is 0 Å². The lowest BCUT2D eigenvalue weighted by Crippen LogP contribution is -2.14. The molecule has 116 valence electrons. The number of carbonyl (C=O) groups is 1. The number of hydrogen-bond donors (Lipinski definition) is 2. The van der Waals surface area contributed by atoms with Crippen LogP contribution in [0.15, 0.2) is 12.1 Å². The number of H-pyrrole nitrogens is 1. The zero-order valence-corrected chi connectivity index (χ0v) is 13.0. The molecule has 1 fully saturated rings. The lowest BCUT2D eigenvalue weighted by atomic mass is 9.76. The highest BCUT2D eigenvalue weighted by Gasteiger charge is 2.26. The summed E-state index contributed by atoms with van der Waals surface area (Å²) in [6.07, 6.45) is 5.03. The molecule has 0 unspecified atom stereocenters. The fourth-order valence-corrected chi connectivity index (χ4v) is 3.09. The van der Waals surface area contributed by atoms with E-state index in [1.54, 1.807) is 6.07 Å². The summed E-state index contributed by atoms with van der Waals surface area (Å²) in [6, 6.07) is 3.83. The van der Waals surface area contributed by atoms with Crippen molar-refractivity contribution in [2.75, 3.05) is 0 Å². The van der Waals surface area contributed by atoms with Crippen LogP contribution >= 0.6 is 0 Å². The van der Waals surface area contributed by atoms with Gasteiger partial charge in [0.15, 0.2) is 5.82 Å². The van der Waals surface area contributed by atoms with Gasteiger partial charge in [-0.15, -0.1) is 10.2 Å². The minimum atomic E-state index is -0.866. The van der Waals surface area contributed by atoms with E-state index in [4.69, 9.17) is 0 Å². The Morgan fingerprint density at radius 1 is 1.27 bits per heavy atom. The molecule has 2 aromatic rings. The van der Waals surface area contributed by atoms with Crippen LogP contribution in [-0.2, 0) is 12.8 Å². The van der Waals surface area contributed by atoms with Crippen molar-refractivity contribution in [3.8, 4) is 11.4 Å². The molecule has 5 nitrogen and oxygen atoms in total. The number of nitrogens with zero attached hydrogens (tertiary/aromatic N) is 2. The van der Waals surface area contributed by atoms with Crippen LogP contribution in [0.4, 0.5) is 0 Å². The van der Waals surface area contributed by atoms with Gasteiger partial charge in [0.2, 0.25) is 0 Å². The van der Waals surface area contributed by atoms with Crippen molar-refractivity contribution in [3.05, 3.63) is 34.6 Å². The zero-order chi connectivity index (χ0) is 15.7. The van der Waals surface area contributed by atoms with E-state index in [-0.39, 0.29) is 0 Å². The first-order valence-corrected chi connectivity index (χ1v) is 7.96. The maximum atomic E-state index is 11.7. The highest BCUT2D eigenvalue weighted by atomic mass is 16.4. The summed E-state index contributed by atoms with van der Waals surface area (Å²) in [5.41, 5.74) is 3.37. The Morgan fingerprint density at radius 3 is 2.55 bits per heavy atom. The number of hydrogen-bond acceptors (Lipinski definition) is 3. The topological polar surface area (TPSA) is 78.9 Å². The van der Waals surface area contributed by atoms with Gasteiger partial charge in [-0.05, 0) is 48.4 Å². The van der Waals surface area contributed by atoms with E-state index in [2.05, 4.69) is 21.2 Å². The molecule has 0 saturated heterocycles. The Bertz CT molecular complexity index is 702. The third-order valence-corrected chi connectivity index (χ3v) is 4.56. The van der Waals surface area contributed by atoms with E-state index in [9.17, 15) is 9.90 Å². The molecule has 5 heteroatoms. The Morgan fingerprint density at radius 2 is 2.05 bits per heavy atom. The third kappa shape index (κ3) is 2.51. The molecule has 2 N–H and O–H groups in total. The maximum absolute atomic E-state index is 11.7. The van der Waals surface area contributed by atoms with Crippen molar-refractivity contribution in [1.82, 2.24) is 15.2 Å². The molecular formula is C17H21N3O2. The Labute approximate surface area is 129 Å². The largest absolute Gasteiger partial charge is 0.478 e. The molecular weight excluding hydrogens is 278 g/mol. The van der Waals surface area contributed by atoms with Gasteiger partial charge in [-0.25, -0.2) is 4.79 Å². The smallest absolute Gasteiger partial charge is 0.335 e. The van der Waals surface area contributed by atoms with E-state index in [0.29, 0.717) is 17.3 Å². The van der Waals surface area contributed by atoms with Crippen molar-refractivity contribution in [2.45, 2.75) is 51.9 Å². The predicted molar refractivity (Wildman–Crippen MR) is 84.1 cm³/mol. The molecule has 1 saturated carbocycles. The standard InChI is InChI=1S/C17H21N3O2/c1-3-12-13(10-6-5-7-10)8-11(9-14(12)17(21)22)16-18-15(4-2)19-20-16/h8-10H,3-7H2,1-2H3,(H,21,22)(H,18,19,20). The SMILES string of the molecule is CCc1nnc(-c2cc(C(=O)O)c(CC)c(C3CCC3)c2)[nH]1. The van der Waals surface area contributed by atoms with Gasteiger partial charge in [0.1, 0.15) is 5.82 Å². The molecule has 0 radical (unpaired) electrons. The molecule has 3 rings (SSSR count). The van der Waals surface area contributed by atoms with E-state index in [0.717, 1.165) is 42.6 Å². The number of carboxylic acid groups (broad SMARTS) is 1. The highest BCUT2D eigenvalue weighted by molar-refractivity contribution is 5.91. The van der Waals surface area contributed by atoms with Crippen LogP contribution in [0.2, 0.25) is 0 Å². The lowest BCUT2D eigenvalue weighted by Gasteiger charge is -2.29. The molecule has 1 aromatic heterocycles. The molecule has 22 heavy (non-hydrogen) atoms. The van der Waals surface area contributed by atoms with Crippen molar-refractivity contribution >= 4 is 5.97 Å². The summed E-state index contributed by atoms with van der Waals surface area (Å²) in [7, 11) is 0. The lowest BCUT2D eigenvalue weighted by molar-refractivity contribution is 0.0695. The normalized spacial score (nSPS) is 14.8. The summed E-state index contributed by atoms with van der Waals surface area (Å²) >= 11 is 0. The van der Waals surface area contributed by atoms with Gasteiger partial charge in [0.05, 0.1) is 5.56 Å². The fourth-order valence-electron chi connectivity index (χ4n) is 3.09. The molecule has 0 spiro atoms. The first kappa shape index (κ1) is 14.8. The van der Waals surface area contributed by atoms with Gasteiger partial charge >= 0.3 is 5.97 Å². The van der Waals surface area contributed by atoms with Crippen LogP contribution < -0.4 is 0 Å². The number of benzene rings is 1. The Kier molecular flexibility index (Phi) is 3.96. The average molecular weight is 299 g/mol. The number of carboxylic acids is 1. The van der Waals surface area contributed by atoms with Crippen LogP contribution in [0.1, 0.15) is 66.3 Å². The van der Waals surface area contributed by atoms with Gasteiger partial charge in [0, 0.05) is 12.0 Å². The summed E-state index contributed by atoms with van der Waals surface area (Å²) in [5.74, 6) is 1.09. The fraction of sp³-hybridized carbons (Fsp3) is 0.471. The number of aromatic amines is 1. The van der Waals surface area contributed by atoms with Gasteiger partial charge in [-0.3, -0.25) is 0 Å². The van der Waals surface area contributed by atoms with Crippen molar-refractivity contribution < 1.29 is 9.90 Å². The minimum absolute atomic E-state index is 0.399. The predicted octanol–water partition coefficient (Wildman–Crippen LogP) is 3.56. The highest BCUT2D eigenvalue weighted by Crippen LogP contribution is 2.40. The van der Waals surface area contributed by atoms with Gasteiger partial charge in [-0.2, -0.15) is 0 Å². The maximum Gasteiger partial charge on any atom is 0.335 e. The second-order valence-corrected chi connectivity index (χ2v) is 5.85. The first-order chi connectivity index (χ1) is 10.6. The molecule has 0 amide bonds. The molecule has 1 aliphatic carbocycles. The summed E-state index contributed by atoms with van der Waals surface area (Å²) in [4.78, 5) is 14.8.